The predicted molar refractivity (Wildman–Crippen MR) is 89.5 cm³/mol. The third kappa shape index (κ3) is 3.32. The van der Waals surface area contributed by atoms with Crippen LogP contribution in [0.5, 0.6) is 0 Å². The zero-order valence-corrected chi connectivity index (χ0v) is 13.8. The molecule has 3 rings (SSSR count). The molecule has 116 valence electrons. The summed E-state index contributed by atoms with van der Waals surface area (Å²) in [5.41, 5.74) is 1.47. The molecule has 1 aromatic rings. The van der Waals surface area contributed by atoms with Crippen molar-refractivity contribution < 1.29 is 0 Å². The standard InChI is InChI=1S/C19H30N2/c1-15(2)19-14-20-11-7-10-18(20)13-21(19)16(3)12-17-8-5-4-6-9-17/h4-6,8-9,15-16,18-19H,7,10-14H2,1-3H3. The van der Waals surface area contributed by atoms with Crippen molar-refractivity contribution in [1.82, 2.24) is 9.80 Å². The van der Waals surface area contributed by atoms with Gasteiger partial charge in [-0.1, -0.05) is 44.2 Å². The first kappa shape index (κ1) is 15.1. The molecule has 2 aliphatic heterocycles. The molecule has 2 saturated heterocycles. The number of hydrogen-bond acceptors (Lipinski definition) is 2. The van der Waals surface area contributed by atoms with Crippen LogP contribution in [0.25, 0.3) is 0 Å². The van der Waals surface area contributed by atoms with Gasteiger partial charge in [-0.15, -0.1) is 0 Å². The largest absolute Gasteiger partial charge is 0.298 e. The van der Waals surface area contributed by atoms with Gasteiger partial charge in [0.05, 0.1) is 0 Å². The highest BCUT2D eigenvalue weighted by Crippen LogP contribution is 2.29. The Labute approximate surface area is 130 Å². The quantitative estimate of drug-likeness (QED) is 0.837. The lowest BCUT2D eigenvalue weighted by molar-refractivity contribution is 0.00487. The molecule has 2 heterocycles. The van der Waals surface area contributed by atoms with Gasteiger partial charge in [-0.3, -0.25) is 9.80 Å². The van der Waals surface area contributed by atoms with Gasteiger partial charge in [0.2, 0.25) is 0 Å². The van der Waals surface area contributed by atoms with Crippen molar-refractivity contribution in [3.05, 3.63) is 35.9 Å². The van der Waals surface area contributed by atoms with Crippen molar-refractivity contribution in [2.75, 3.05) is 19.6 Å². The van der Waals surface area contributed by atoms with Crippen LogP contribution in [0.4, 0.5) is 0 Å². The summed E-state index contributed by atoms with van der Waals surface area (Å²) in [6.07, 6.45) is 3.98. The molecule has 0 bridgehead atoms. The number of fused-ring (bicyclic) bond motifs is 1. The maximum Gasteiger partial charge on any atom is 0.0249 e. The smallest absolute Gasteiger partial charge is 0.0249 e. The molecule has 2 heteroatoms. The second-order valence-electron chi connectivity index (χ2n) is 7.34. The SMILES string of the molecule is CC(C)C1CN2CCCC2CN1C(C)Cc1ccccc1. The van der Waals surface area contributed by atoms with Gasteiger partial charge in [-0.25, -0.2) is 0 Å². The van der Waals surface area contributed by atoms with E-state index in [0.717, 1.165) is 18.0 Å². The van der Waals surface area contributed by atoms with E-state index in [0.29, 0.717) is 6.04 Å². The fourth-order valence-corrected chi connectivity index (χ4v) is 4.24. The fourth-order valence-electron chi connectivity index (χ4n) is 4.24. The zero-order chi connectivity index (χ0) is 14.8. The topological polar surface area (TPSA) is 6.48 Å². The minimum atomic E-state index is 0.641. The van der Waals surface area contributed by atoms with Crippen LogP contribution in [-0.2, 0) is 6.42 Å². The third-order valence-corrected chi connectivity index (χ3v) is 5.48. The highest BCUT2D eigenvalue weighted by molar-refractivity contribution is 5.16. The average Bonchev–Trinajstić information content (AvgIpc) is 2.94. The first-order valence-corrected chi connectivity index (χ1v) is 8.69. The van der Waals surface area contributed by atoms with Crippen LogP contribution >= 0.6 is 0 Å². The van der Waals surface area contributed by atoms with Gasteiger partial charge in [0.25, 0.3) is 0 Å². The van der Waals surface area contributed by atoms with Gasteiger partial charge >= 0.3 is 0 Å². The first-order valence-electron chi connectivity index (χ1n) is 8.69. The molecule has 1 aromatic carbocycles. The molecular formula is C19H30N2. The molecule has 2 fully saturated rings. The van der Waals surface area contributed by atoms with Gasteiger partial charge in [0.1, 0.15) is 0 Å². The van der Waals surface area contributed by atoms with Crippen LogP contribution in [0.1, 0.15) is 39.2 Å². The summed E-state index contributed by atoms with van der Waals surface area (Å²) < 4.78 is 0. The van der Waals surface area contributed by atoms with Crippen LogP contribution in [0, 0.1) is 5.92 Å². The van der Waals surface area contributed by atoms with Crippen molar-refractivity contribution >= 4 is 0 Å². The van der Waals surface area contributed by atoms with Crippen molar-refractivity contribution in [1.29, 1.82) is 0 Å². The Morgan fingerprint density at radius 1 is 1.10 bits per heavy atom. The van der Waals surface area contributed by atoms with E-state index in [9.17, 15) is 0 Å². The van der Waals surface area contributed by atoms with E-state index in [-0.39, 0.29) is 0 Å². The van der Waals surface area contributed by atoms with Crippen LogP contribution in [-0.4, -0.2) is 47.6 Å². The van der Waals surface area contributed by atoms with Gasteiger partial charge < -0.3 is 0 Å². The van der Waals surface area contributed by atoms with E-state index >= 15 is 0 Å². The molecule has 0 N–H and O–H groups in total. The minimum Gasteiger partial charge on any atom is -0.298 e. The van der Waals surface area contributed by atoms with Gasteiger partial charge in [-0.2, -0.15) is 0 Å². The Morgan fingerprint density at radius 2 is 1.86 bits per heavy atom. The molecule has 2 aliphatic rings. The highest BCUT2D eigenvalue weighted by atomic mass is 15.3. The van der Waals surface area contributed by atoms with Crippen LogP contribution in [0.15, 0.2) is 30.3 Å². The van der Waals surface area contributed by atoms with E-state index in [4.69, 9.17) is 0 Å². The first-order chi connectivity index (χ1) is 10.1. The van der Waals surface area contributed by atoms with Crippen LogP contribution in [0.2, 0.25) is 0 Å². The molecule has 0 aliphatic carbocycles. The highest BCUT2D eigenvalue weighted by Gasteiger charge is 2.38. The monoisotopic (exact) mass is 286 g/mol. The fraction of sp³-hybridized carbons (Fsp3) is 0.684. The second kappa shape index (κ2) is 6.50. The number of benzene rings is 1. The van der Waals surface area contributed by atoms with Gasteiger partial charge in [0.15, 0.2) is 0 Å². The lowest BCUT2D eigenvalue weighted by Gasteiger charge is -2.48. The third-order valence-electron chi connectivity index (χ3n) is 5.48. The van der Waals surface area contributed by atoms with E-state index in [1.807, 2.05) is 0 Å². The molecule has 0 amide bonds. The average molecular weight is 286 g/mol. The molecule has 0 spiro atoms. The molecule has 21 heavy (non-hydrogen) atoms. The zero-order valence-electron chi connectivity index (χ0n) is 13.8. The summed E-state index contributed by atoms with van der Waals surface area (Å²) in [6.45, 7) is 11.1. The van der Waals surface area contributed by atoms with Crippen molar-refractivity contribution in [2.24, 2.45) is 5.92 Å². The van der Waals surface area contributed by atoms with E-state index in [1.54, 1.807) is 0 Å². The Hall–Kier alpha value is -0.860. The summed E-state index contributed by atoms with van der Waals surface area (Å²) >= 11 is 0. The summed E-state index contributed by atoms with van der Waals surface area (Å²) in [7, 11) is 0. The van der Waals surface area contributed by atoms with E-state index in [1.165, 1.54) is 44.5 Å². The summed E-state index contributed by atoms with van der Waals surface area (Å²) in [5, 5.41) is 0. The number of nitrogens with zero attached hydrogens (tertiary/aromatic N) is 2. The van der Waals surface area contributed by atoms with Crippen molar-refractivity contribution in [2.45, 2.75) is 58.2 Å². The summed E-state index contributed by atoms with van der Waals surface area (Å²) in [6, 6.07) is 13.2. The molecule has 3 atom stereocenters. The Kier molecular flexibility index (Phi) is 4.66. The number of hydrogen-bond donors (Lipinski definition) is 0. The van der Waals surface area contributed by atoms with E-state index < -0.39 is 0 Å². The summed E-state index contributed by atoms with van der Waals surface area (Å²) in [5.74, 6) is 0.741. The molecule has 0 aromatic heterocycles. The summed E-state index contributed by atoms with van der Waals surface area (Å²) in [4.78, 5) is 5.56. The lowest BCUT2D eigenvalue weighted by atomic mass is 9.94. The second-order valence-corrected chi connectivity index (χ2v) is 7.34. The Bertz CT molecular complexity index is 442. The van der Waals surface area contributed by atoms with Crippen LogP contribution in [0.3, 0.4) is 0 Å². The van der Waals surface area contributed by atoms with Gasteiger partial charge in [0, 0.05) is 31.2 Å². The van der Waals surface area contributed by atoms with E-state index in [2.05, 4.69) is 60.9 Å². The Morgan fingerprint density at radius 3 is 2.57 bits per heavy atom. The van der Waals surface area contributed by atoms with Crippen LogP contribution < -0.4 is 0 Å². The maximum absolute atomic E-state index is 2.81. The molecule has 0 radical (unpaired) electrons. The lowest BCUT2D eigenvalue weighted by Crippen LogP contribution is -2.60. The minimum absolute atomic E-state index is 0.641. The normalized spacial score (nSPS) is 28.8. The Balaban J connectivity index is 1.71. The number of piperazine rings is 1. The van der Waals surface area contributed by atoms with Gasteiger partial charge in [-0.05, 0) is 44.2 Å². The van der Waals surface area contributed by atoms with Crippen molar-refractivity contribution in [3.8, 4) is 0 Å². The predicted octanol–water partition coefficient (Wildman–Crippen LogP) is 3.42. The number of rotatable bonds is 4. The molecule has 3 unspecified atom stereocenters. The maximum atomic E-state index is 2.81. The van der Waals surface area contributed by atoms with Crippen molar-refractivity contribution in [3.63, 3.8) is 0 Å². The molecule has 2 nitrogen and oxygen atoms in total. The molecule has 0 saturated carbocycles. The molecular weight excluding hydrogens is 256 g/mol.